The van der Waals surface area contributed by atoms with E-state index in [-0.39, 0.29) is 11.9 Å². The van der Waals surface area contributed by atoms with Gasteiger partial charge < -0.3 is 10.6 Å². The fraction of sp³-hybridized carbons (Fsp3) is 0.750. The zero-order chi connectivity index (χ0) is 9.14. The molecule has 3 N–H and O–H groups in total. The van der Waals surface area contributed by atoms with Crippen LogP contribution in [0.15, 0.2) is 0 Å². The molecule has 0 saturated carbocycles. The Hall–Kier alpha value is -1.06. The topological polar surface area (TPSA) is 70.2 Å². The number of nitrogens with two attached hydrogens (primary N) is 1. The molecule has 4 heteroatoms. The minimum atomic E-state index is 0.0846. The second-order valence-corrected chi connectivity index (χ2v) is 3.14. The molecule has 68 valence electrons. The van der Waals surface area contributed by atoms with Crippen molar-refractivity contribution in [2.45, 2.75) is 19.8 Å². The molecule has 1 saturated heterocycles. The maximum atomic E-state index is 11.2. The molecule has 0 spiro atoms. The number of ketones is 1. The third kappa shape index (κ3) is 1.75. The largest absolute Gasteiger partial charge is 0.370 e. The van der Waals surface area contributed by atoms with Crippen LogP contribution < -0.4 is 5.73 Å². The summed E-state index contributed by atoms with van der Waals surface area (Å²) in [4.78, 5) is 13.0. The third-order valence-electron chi connectivity index (χ3n) is 2.33. The molecule has 4 nitrogen and oxygen atoms in total. The first-order chi connectivity index (χ1) is 5.65. The van der Waals surface area contributed by atoms with Crippen LogP contribution in [0.25, 0.3) is 0 Å². The van der Waals surface area contributed by atoms with Crippen molar-refractivity contribution in [3.8, 4) is 0 Å². The summed E-state index contributed by atoms with van der Waals surface area (Å²) in [6.45, 7) is 3.27. The maximum absolute atomic E-state index is 11.2. The first kappa shape index (κ1) is 9.03. The Morgan fingerprint density at radius 2 is 2.42 bits per heavy atom. The lowest BCUT2D eigenvalue weighted by atomic mass is 10.0. The van der Waals surface area contributed by atoms with E-state index in [1.807, 2.05) is 6.92 Å². The molecule has 0 amide bonds. The molecule has 0 bridgehead atoms. The summed E-state index contributed by atoms with van der Waals surface area (Å²) < 4.78 is 0. The van der Waals surface area contributed by atoms with Crippen LogP contribution in [0.2, 0.25) is 0 Å². The predicted octanol–water partition coefficient (Wildman–Crippen LogP) is 0.181. The number of likely N-dealkylation sites (tertiary alicyclic amines) is 1. The van der Waals surface area contributed by atoms with E-state index in [0.717, 1.165) is 13.0 Å². The van der Waals surface area contributed by atoms with Gasteiger partial charge in [-0.3, -0.25) is 10.2 Å². The Balaban J connectivity index is 2.45. The highest BCUT2D eigenvalue weighted by molar-refractivity contribution is 5.83. The number of carbonyl (C=O) groups excluding carboxylic acids is 1. The van der Waals surface area contributed by atoms with Gasteiger partial charge in [0.25, 0.3) is 0 Å². The summed E-state index contributed by atoms with van der Waals surface area (Å²) in [5, 5.41) is 7.17. The molecular formula is C8H15N3O. The van der Waals surface area contributed by atoms with Crippen molar-refractivity contribution in [2.75, 3.05) is 13.1 Å². The zero-order valence-corrected chi connectivity index (χ0v) is 7.34. The van der Waals surface area contributed by atoms with Crippen LogP contribution in [0, 0.1) is 11.3 Å². The van der Waals surface area contributed by atoms with Crippen LogP contribution >= 0.6 is 0 Å². The molecule has 1 rings (SSSR count). The lowest BCUT2D eigenvalue weighted by Crippen LogP contribution is -2.35. The first-order valence-corrected chi connectivity index (χ1v) is 4.26. The van der Waals surface area contributed by atoms with Gasteiger partial charge in [0, 0.05) is 25.4 Å². The number of guanidine groups is 1. The molecule has 1 atom stereocenters. The monoisotopic (exact) mass is 169 g/mol. The van der Waals surface area contributed by atoms with Gasteiger partial charge in [-0.1, -0.05) is 6.92 Å². The Bertz CT molecular complexity index is 202. The van der Waals surface area contributed by atoms with Gasteiger partial charge in [0.05, 0.1) is 0 Å². The number of hydrogen-bond acceptors (Lipinski definition) is 2. The van der Waals surface area contributed by atoms with Crippen LogP contribution in [-0.2, 0) is 4.79 Å². The molecule has 0 radical (unpaired) electrons. The highest BCUT2D eigenvalue weighted by atomic mass is 16.1. The number of rotatable bonds is 2. The van der Waals surface area contributed by atoms with E-state index < -0.39 is 0 Å². The summed E-state index contributed by atoms with van der Waals surface area (Å²) in [5.41, 5.74) is 5.30. The first-order valence-electron chi connectivity index (χ1n) is 4.26. The van der Waals surface area contributed by atoms with Crippen molar-refractivity contribution < 1.29 is 4.79 Å². The average Bonchev–Trinajstić information content (AvgIpc) is 2.51. The second kappa shape index (κ2) is 3.56. The average molecular weight is 169 g/mol. The Labute approximate surface area is 72.2 Å². The molecule has 1 unspecified atom stereocenters. The van der Waals surface area contributed by atoms with Gasteiger partial charge in [0.2, 0.25) is 0 Å². The van der Waals surface area contributed by atoms with Crippen molar-refractivity contribution in [2.24, 2.45) is 11.7 Å². The van der Waals surface area contributed by atoms with E-state index in [2.05, 4.69) is 0 Å². The molecular weight excluding hydrogens is 154 g/mol. The second-order valence-electron chi connectivity index (χ2n) is 3.14. The van der Waals surface area contributed by atoms with Gasteiger partial charge in [0.15, 0.2) is 5.96 Å². The molecule has 0 aromatic carbocycles. The van der Waals surface area contributed by atoms with Crippen molar-refractivity contribution in [1.29, 1.82) is 5.41 Å². The SMILES string of the molecule is CCC(=O)C1CCN(C(=N)N)C1. The Morgan fingerprint density at radius 1 is 1.75 bits per heavy atom. The third-order valence-corrected chi connectivity index (χ3v) is 2.33. The fourth-order valence-corrected chi connectivity index (χ4v) is 1.53. The number of nitrogens with one attached hydrogen (secondary N) is 1. The predicted molar refractivity (Wildman–Crippen MR) is 46.9 cm³/mol. The van der Waals surface area contributed by atoms with E-state index in [1.54, 1.807) is 4.90 Å². The fourth-order valence-electron chi connectivity index (χ4n) is 1.53. The summed E-state index contributed by atoms with van der Waals surface area (Å²) in [5.74, 6) is 0.485. The van der Waals surface area contributed by atoms with E-state index in [9.17, 15) is 4.79 Å². The van der Waals surface area contributed by atoms with Gasteiger partial charge in [-0.15, -0.1) is 0 Å². The zero-order valence-electron chi connectivity index (χ0n) is 7.34. The Morgan fingerprint density at radius 3 is 2.83 bits per heavy atom. The van der Waals surface area contributed by atoms with Crippen LogP contribution in [0.3, 0.4) is 0 Å². The maximum Gasteiger partial charge on any atom is 0.188 e. The van der Waals surface area contributed by atoms with E-state index in [0.29, 0.717) is 18.7 Å². The Kier molecular flexibility index (Phi) is 2.68. The minimum Gasteiger partial charge on any atom is -0.370 e. The highest BCUT2D eigenvalue weighted by Crippen LogP contribution is 2.17. The molecule has 12 heavy (non-hydrogen) atoms. The van der Waals surface area contributed by atoms with Crippen LogP contribution in [0.5, 0.6) is 0 Å². The summed E-state index contributed by atoms with van der Waals surface area (Å²) >= 11 is 0. The molecule has 0 aromatic rings. The summed E-state index contributed by atoms with van der Waals surface area (Å²) in [7, 11) is 0. The molecule has 1 heterocycles. The van der Waals surface area contributed by atoms with Crippen molar-refractivity contribution in [3.63, 3.8) is 0 Å². The lowest BCUT2D eigenvalue weighted by Gasteiger charge is -2.14. The van der Waals surface area contributed by atoms with Crippen molar-refractivity contribution in [3.05, 3.63) is 0 Å². The number of nitrogens with zero attached hydrogens (tertiary/aromatic N) is 1. The molecule has 0 aliphatic carbocycles. The highest BCUT2D eigenvalue weighted by Gasteiger charge is 2.27. The van der Waals surface area contributed by atoms with Crippen LogP contribution in [0.1, 0.15) is 19.8 Å². The molecule has 1 fully saturated rings. The van der Waals surface area contributed by atoms with Gasteiger partial charge in [-0.25, -0.2) is 0 Å². The minimum absolute atomic E-state index is 0.0846. The number of carbonyl (C=O) groups is 1. The van der Waals surface area contributed by atoms with Crippen LogP contribution in [-0.4, -0.2) is 29.7 Å². The van der Waals surface area contributed by atoms with E-state index >= 15 is 0 Å². The smallest absolute Gasteiger partial charge is 0.188 e. The van der Waals surface area contributed by atoms with Crippen molar-refractivity contribution in [1.82, 2.24) is 4.90 Å². The molecule has 1 aliphatic heterocycles. The van der Waals surface area contributed by atoms with E-state index in [1.165, 1.54) is 0 Å². The standard InChI is InChI=1S/C8H15N3O/c1-2-7(12)6-3-4-11(5-6)8(9)10/h6H,2-5H2,1H3,(H3,9,10). The van der Waals surface area contributed by atoms with Gasteiger partial charge in [-0.05, 0) is 6.42 Å². The summed E-state index contributed by atoms with van der Waals surface area (Å²) in [6.07, 6.45) is 1.45. The number of hydrogen-bond donors (Lipinski definition) is 2. The van der Waals surface area contributed by atoms with E-state index in [4.69, 9.17) is 11.1 Å². The number of Topliss-reactive ketones (excluding diaryl/α,β-unsaturated/α-hetero) is 1. The van der Waals surface area contributed by atoms with Crippen molar-refractivity contribution >= 4 is 11.7 Å². The normalized spacial score (nSPS) is 22.8. The van der Waals surface area contributed by atoms with Crippen LogP contribution in [0.4, 0.5) is 0 Å². The van der Waals surface area contributed by atoms with Gasteiger partial charge >= 0.3 is 0 Å². The molecule has 0 aromatic heterocycles. The quantitative estimate of drug-likeness (QED) is 0.457. The van der Waals surface area contributed by atoms with Gasteiger partial charge in [-0.2, -0.15) is 0 Å². The van der Waals surface area contributed by atoms with Gasteiger partial charge in [0.1, 0.15) is 5.78 Å². The summed E-state index contributed by atoms with van der Waals surface area (Å²) in [6, 6.07) is 0. The molecule has 1 aliphatic rings. The lowest BCUT2D eigenvalue weighted by molar-refractivity contribution is -0.122.